The number of hydrogen-bond acceptors (Lipinski definition) is 2. The van der Waals surface area contributed by atoms with Crippen LogP contribution in [0, 0.1) is 5.92 Å². The van der Waals surface area contributed by atoms with Crippen LogP contribution in [0.5, 0.6) is 0 Å². The van der Waals surface area contributed by atoms with E-state index >= 15 is 0 Å². The van der Waals surface area contributed by atoms with E-state index < -0.39 is 0 Å². The first-order valence-electron chi connectivity index (χ1n) is 3.63. The van der Waals surface area contributed by atoms with E-state index in [-0.39, 0.29) is 16.9 Å². The molecule has 1 rings (SSSR count). The highest BCUT2D eigenvalue weighted by Crippen LogP contribution is 2.06. The zero-order chi connectivity index (χ0) is 8.27. The number of carbonyl (C=O) groups is 1. The van der Waals surface area contributed by atoms with Crippen molar-refractivity contribution in [1.29, 1.82) is 0 Å². The molecule has 0 spiro atoms. The lowest BCUT2D eigenvalue weighted by atomic mass is 10.0. The number of nitrogens with one attached hydrogen (secondary N) is 1. The van der Waals surface area contributed by atoms with Crippen LogP contribution in [0.1, 0.15) is 19.8 Å². The molecule has 0 aromatic heterocycles. The first-order valence-corrected chi connectivity index (χ1v) is 4.04. The first kappa shape index (κ1) is 8.33. The zero-order valence-corrected chi connectivity index (χ0v) is 7.15. The van der Waals surface area contributed by atoms with Gasteiger partial charge in [-0.15, -0.1) is 0 Å². The summed E-state index contributed by atoms with van der Waals surface area (Å²) in [6, 6.07) is 0. The monoisotopic (exact) mass is 170 g/mol. The molecule has 0 saturated carbocycles. The first-order chi connectivity index (χ1) is 5.24. The van der Waals surface area contributed by atoms with Crippen LogP contribution < -0.4 is 5.32 Å². The molecule has 1 atom stereocenters. The molecule has 11 heavy (non-hydrogen) atoms. The smallest absolute Gasteiger partial charge is 0.234 e. The largest absolute Gasteiger partial charge is 0.301 e. The maximum absolute atomic E-state index is 11.1. The highest BCUT2D eigenvalue weighted by molar-refractivity contribution is 7.80. The van der Waals surface area contributed by atoms with Gasteiger partial charge in [0, 0.05) is 6.21 Å². The second-order valence-corrected chi connectivity index (χ2v) is 2.85. The Labute approximate surface area is 70.9 Å². The van der Waals surface area contributed by atoms with Gasteiger partial charge in [0.25, 0.3) is 0 Å². The van der Waals surface area contributed by atoms with Gasteiger partial charge < -0.3 is 5.32 Å². The maximum Gasteiger partial charge on any atom is 0.234 e. The van der Waals surface area contributed by atoms with Gasteiger partial charge in [-0.05, 0) is 18.6 Å². The van der Waals surface area contributed by atoms with Crippen LogP contribution in [0.4, 0.5) is 0 Å². The summed E-state index contributed by atoms with van der Waals surface area (Å²) < 4.78 is 0. The van der Waals surface area contributed by atoms with E-state index in [1.165, 1.54) is 0 Å². The Morgan fingerprint density at radius 1 is 1.82 bits per heavy atom. The van der Waals surface area contributed by atoms with Crippen LogP contribution in [0.25, 0.3) is 0 Å². The number of nitrogens with zero attached hydrogens (tertiary/aromatic N) is 1. The number of carbonyl (C=O) groups excluding carboxylic acids is 1. The summed E-state index contributed by atoms with van der Waals surface area (Å²) in [6.07, 6.45) is 3.46. The van der Waals surface area contributed by atoms with Gasteiger partial charge in [0.05, 0.1) is 5.92 Å². The molecular weight excluding hydrogens is 160 g/mol. The normalized spacial score (nSPS) is 23.5. The van der Waals surface area contributed by atoms with Gasteiger partial charge in [-0.25, -0.2) is 4.99 Å². The van der Waals surface area contributed by atoms with Gasteiger partial charge >= 0.3 is 0 Å². The Morgan fingerprint density at radius 3 is 3.09 bits per heavy atom. The maximum atomic E-state index is 11.1. The molecule has 0 aliphatic carbocycles. The number of thiocarbonyl (C=S) groups is 1. The average molecular weight is 170 g/mol. The lowest BCUT2D eigenvalue weighted by Gasteiger charge is -2.14. The van der Waals surface area contributed by atoms with Crippen molar-refractivity contribution in [3.8, 4) is 0 Å². The summed E-state index contributed by atoms with van der Waals surface area (Å²) in [4.78, 5) is 15.0. The summed E-state index contributed by atoms with van der Waals surface area (Å²) in [7, 11) is 0. The summed E-state index contributed by atoms with van der Waals surface area (Å²) in [5.74, 6) is -0.0986. The van der Waals surface area contributed by atoms with Crippen molar-refractivity contribution in [2.75, 3.05) is 0 Å². The van der Waals surface area contributed by atoms with Crippen LogP contribution in [0.15, 0.2) is 4.99 Å². The van der Waals surface area contributed by atoms with E-state index in [4.69, 9.17) is 0 Å². The molecule has 1 N–H and O–H groups in total. The molecule has 0 saturated heterocycles. The molecule has 3 nitrogen and oxygen atoms in total. The number of rotatable bonds is 2. The quantitative estimate of drug-likeness (QED) is 0.625. The fraction of sp³-hybridized carbons (Fsp3) is 0.571. The van der Waals surface area contributed by atoms with Crippen molar-refractivity contribution in [3.05, 3.63) is 0 Å². The van der Waals surface area contributed by atoms with Crippen molar-refractivity contribution in [2.24, 2.45) is 10.9 Å². The van der Waals surface area contributed by atoms with Gasteiger partial charge in [0.2, 0.25) is 5.91 Å². The Balaban J connectivity index is 2.61. The lowest BCUT2D eigenvalue weighted by Crippen LogP contribution is -2.38. The third-order valence-electron chi connectivity index (χ3n) is 1.54. The van der Waals surface area contributed by atoms with E-state index in [0.717, 1.165) is 12.8 Å². The molecule has 1 heterocycles. The van der Waals surface area contributed by atoms with E-state index in [1.54, 1.807) is 6.21 Å². The molecule has 1 amide bonds. The van der Waals surface area contributed by atoms with Crippen LogP contribution in [0.2, 0.25) is 0 Å². The van der Waals surface area contributed by atoms with Gasteiger partial charge in [0.1, 0.15) is 0 Å². The molecule has 0 aromatic carbocycles. The van der Waals surface area contributed by atoms with Crippen molar-refractivity contribution in [1.82, 2.24) is 5.32 Å². The highest BCUT2D eigenvalue weighted by Gasteiger charge is 2.19. The number of aliphatic imine (C=N–C) groups is 1. The van der Waals surface area contributed by atoms with Crippen molar-refractivity contribution < 1.29 is 4.79 Å². The summed E-state index contributed by atoms with van der Waals surface area (Å²) in [5, 5.41) is 2.79. The average Bonchev–Trinajstić information content (AvgIpc) is 1.95. The molecule has 1 aliphatic rings. The van der Waals surface area contributed by atoms with Crippen LogP contribution in [-0.2, 0) is 4.79 Å². The SMILES string of the molecule is CCCC1C=NC(=S)NC1=O. The summed E-state index contributed by atoms with van der Waals surface area (Å²) in [6.45, 7) is 2.04. The van der Waals surface area contributed by atoms with Crippen LogP contribution in [0.3, 0.4) is 0 Å². The Morgan fingerprint density at radius 2 is 2.55 bits per heavy atom. The lowest BCUT2D eigenvalue weighted by molar-refractivity contribution is -0.121. The summed E-state index contributed by atoms with van der Waals surface area (Å²) in [5.41, 5.74) is 0. The highest BCUT2D eigenvalue weighted by atomic mass is 32.1. The van der Waals surface area contributed by atoms with Gasteiger partial charge in [-0.2, -0.15) is 0 Å². The van der Waals surface area contributed by atoms with Gasteiger partial charge in [-0.1, -0.05) is 13.3 Å². The predicted octanol–water partition coefficient (Wildman–Crippen LogP) is 0.888. The third-order valence-corrected chi connectivity index (χ3v) is 1.75. The molecule has 0 bridgehead atoms. The molecule has 0 fully saturated rings. The Bertz CT molecular complexity index is 212. The van der Waals surface area contributed by atoms with E-state index in [1.807, 2.05) is 6.92 Å². The van der Waals surface area contributed by atoms with E-state index in [2.05, 4.69) is 22.5 Å². The minimum atomic E-state index is -0.0771. The topological polar surface area (TPSA) is 41.5 Å². The van der Waals surface area contributed by atoms with Gasteiger partial charge in [0.15, 0.2) is 5.11 Å². The van der Waals surface area contributed by atoms with Crippen LogP contribution >= 0.6 is 12.2 Å². The minimum Gasteiger partial charge on any atom is -0.301 e. The zero-order valence-electron chi connectivity index (χ0n) is 6.33. The molecule has 0 radical (unpaired) electrons. The standard InChI is InChI=1S/C7H10N2OS/c1-2-3-5-4-8-7(11)9-6(5)10/h4-5H,2-3H2,1H3,(H,9,10,11). The van der Waals surface area contributed by atoms with E-state index in [9.17, 15) is 4.79 Å². The van der Waals surface area contributed by atoms with Gasteiger partial charge in [-0.3, -0.25) is 4.79 Å². The van der Waals surface area contributed by atoms with E-state index in [0.29, 0.717) is 0 Å². The number of hydrogen-bond donors (Lipinski definition) is 1. The molecule has 1 unspecified atom stereocenters. The fourth-order valence-electron chi connectivity index (χ4n) is 0.972. The van der Waals surface area contributed by atoms with Crippen molar-refractivity contribution in [3.63, 3.8) is 0 Å². The minimum absolute atomic E-state index is 0.0214. The number of amides is 1. The molecule has 1 aliphatic heterocycles. The van der Waals surface area contributed by atoms with Crippen molar-refractivity contribution >= 4 is 29.5 Å². The second kappa shape index (κ2) is 3.57. The molecule has 4 heteroatoms. The Hall–Kier alpha value is -0.770. The van der Waals surface area contributed by atoms with Crippen LogP contribution in [-0.4, -0.2) is 17.2 Å². The predicted molar refractivity (Wildman–Crippen MR) is 47.6 cm³/mol. The molecule has 60 valence electrons. The fourth-order valence-corrected chi connectivity index (χ4v) is 1.13. The second-order valence-electron chi connectivity index (χ2n) is 2.47. The Kier molecular flexibility index (Phi) is 2.70. The molecular formula is C7H10N2OS. The summed E-state index contributed by atoms with van der Waals surface area (Å²) >= 11 is 4.69. The van der Waals surface area contributed by atoms with Crippen molar-refractivity contribution in [2.45, 2.75) is 19.8 Å². The molecule has 0 aromatic rings. The third kappa shape index (κ3) is 2.08.